The van der Waals surface area contributed by atoms with E-state index in [2.05, 4.69) is 0 Å². The van der Waals surface area contributed by atoms with Gasteiger partial charge in [-0.05, 0) is 32.5 Å². The minimum absolute atomic E-state index is 0. The number of hydrogen-bond acceptors (Lipinski definition) is 4. The minimum Gasteiger partial charge on any atom is -0.307 e. The molecular weight excluding hydrogens is 366 g/mol. The van der Waals surface area contributed by atoms with Gasteiger partial charge in [-0.1, -0.05) is 49.6 Å². The number of amides is 4. The number of carbonyl (C=O) groups excluding carboxylic acids is 3. The van der Waals surface area contributed by atoms with Crippen LogP contribution in [0.4, 0.5) is 4.79 Å². The summed E-state index contributed by atoms with van der Waals surface area (Å²) < 4.78 is 0. The molecule has 2 fully saturated rings. The zero-order valence-corrected chi connectivity index (χ0v) is 17.0. The van der Waals surface area contributed by atoms with E-state index in [0.29, 0.717) is 5.56 Å². The maximum atomic E-state index is 13.7. The van der Waals surface area contributed by atoms with E-state index in [1.807, 2.05) is 49.3 Å². The normalized spacial score (nSPS) is 24.4. The van der Waals surface area contributed by atoms with Gasteiger partial charge in [-0.3, -0.25) is 19.4 Å². The fourth-order valence-electron chi connectivity index (χ4n) is 4.25. The minimum atomic E-state index is -1.38. The largest absolute Gasteiger partial charge is 0.333 e. The van der Waals surface area contributed by atoms with Crippen molar-refractivity contribution in [2.24, 2.45) is 0 Å². The van der Waals surface area contributed by atoms with E-state index < -0.39 is 17.4 Å². The van der Waals surface area contributed by atoms with Crippen molar-refractivity contribution in [1.29, 1.82) is 0 Å². The number of rotatable bonds is 4. The van der Waals surface area contributed by atoms with Crippen molar-refractivity contribution in [2.75, 3.05) is 27.7 Å². The standard InChI is InChI=1S/C20H27N3O3.ClH/c1-21(2)14-20(15-10-6-4-7-11-15)17(24)22(3)19(26)23(18(20)25)16-12-8-5-9-13-16;/h4,6-7,10-11,16H,5,8-9,12-14H2,1-3H3;1H. The zero-order valence-electron chi connectivity index (χ0n) is 16.2. The second-order valence-corrected chi connectivity index (χ2v) is 7.62. The molecule has 1 aromatic carbocycles. The Morgan fingerprint density at radius 1 is 1.00 bits per heavy atom. The molecule has 1 saturated carbocycles. The van der Waals surface area contributed by atoms with Gasteiger partial charge < -0.3 is 4.90 Å². The van der Waals surface area contributed by atoms with Crippen molar-refractivity contribution in [3.8, 4) is 0 Å². The van der Waals surface area contributed by atoms with Crippen molar-refractivity contribution in [3.05, 3.63) is 35.9 Å². The van der Waals surface area contributed by atoms with Crippen LogP contribution in [0, 0.1) is 0 Å². The van der Waals surface area contributed by atoms with Crippen LogP contribution < -0.4 is 0 Å². The van der Waals surface area contributed by atoms with Crippen LogP contribution in [0.5, 0.6) is 0 Å². The molecule has 0 bridgehead atoms. The van der Waals surface area contributed by atoms with Gasteiger partial charge in [0, 0.05) is 19.6 Å². The highest BCUT2D eigenvalue weighted by Crippen LogP contribution is 2.37. The number of likely N-dealkylation sites (N-methyl/N-ethyl adjacent to an activating group) is 2. The Morgan fingerprint density at radius 2 is 1.59 bits per heavy atom. The summed E-state index contributed by atoms with van der Waals surface area (Å²) in [6.07, 6.45) is 4.76. The first kappa shape index (κ1) is 21.4. The Morgan fingerprint density at radius 3 is 2.15 bits per heavy atom. The number of hydrogen-bond donors (Lipinski definition) is 0. The molecule has 0 spiro atoms. The third-order valence-electron chi connectivity index (χ3n) is 5.51. The van der Waals surface area contributed by atoms with Gasteiger partial charge in [0.1, 0.15) is 0 Å². The molecule has 3 rings (SSSR count). The third kappa shape index (κ3) is 3.60. The van der Waals surface area contributed by atoms with E-state index in [1.165, 1.54) is 11.9 Å². The Kier molecular flexibility index (Phi) is 6.65. The Balaban J connectivity index is 0.00000261. The van der Waals surface area contributed by atoms with E-state index >= 15 is 0 Å². The smallest absolute Gasteiger partial charge is 0.307 e. The number of nitrogens with zero attached hydrogens (tertiary/aromatic N) is 3. The number of halogens is 1. The van der Waals surface area contributed by atoms with Gasteiger partial charge in [0.2, 0.25) is 0 Å². The fourth-order valence-corrected chi connectivity index (χ4v) is 4.25. The molecule has 0 N–H and O–H groups in total. The van der Waals surface area contributed by atoms with Gasteiger partial charge in [0.15, 0.2) is 5.41 Å². The first-order valence-electron chi connectivity index (χ1n) is 9.25. The molecule has 4 amide bonds. The van der Waals surface area contributed by atoms with E-state index in [4.69, 9.17) is 0 Å². The molecule has 1 saturated heterocycles. The highest BCUT2D eigenvalue weighted by molar-refractivity contribution is 6.23. The van der Waals surface area contributed by atoms with Crippen molar-refractivity contribution in [1.82, 2.24) is 14.7 Å². The molecule has 1 aromatic rings. The molecule has 6 nitrogen and oxygen atoms in total. The molecule has 148 valence electrons. The average Bonchev–Trinajstić information content (AvgIpc) is 2.65. The molecule has 1 heterocycles. The van der Waals surface area contributed by atoms with Gasteiger partial charge >= 0.3 is 6.03 Å². The summed E-state index contributed by atoms with van der Waals surface area (Å²) >= 11 is 0. The summed E-state index contributed by atoms with van der Waals surface area (Å²) in [6, 6.07) is 8.52. The number of urea groups is 1. The summed E-state index contributed by atoms with van der Waals surface area (Å²) in [6.45, 7) is 0.232. The lowest BCUT2D eigenvalue weighted by molar-refractivity contribution is -0.154. The van der Waals surface area contributed by atoms with Gasteiger partial charge in [-0.25, -0.2) is 4.79 Å². The summed E-state index contributed by atoms with van der Waals surface area (Å²) in [5.41, 5.74) is -0.742. The van der Waals surface area contributed by atoms with Gasteiger partial charge in [0.05, 0.1) is 0 Å². The van der Waals surface area contributed by atoms with E-state index in [1.54, 1.807) is 0 Å². The summed E-state index contributed by atoms with van der Waals surface area (Å²) in [5.74, 6) is -0.822. The van der Waals surface area contributed by atoms with Crippen LogP contribution in [-0.2, 0) is 15.0 Å². The zero-order chi connectivity index (χ0) is 18.9. The monoisotopic (exact) mass is 393 g/mol. The van der Waals surface area contributed by atoms with Crippen LogP contribution in [0.2, 0.25) is 0 Å². The lowest BCUT2D eigenvalue weighted by atomic mass is 9.75. The van der Waals surface area contributed by atoms with Crippen LogP contribution in [-0.4, -0.2) is 66.3 Å². The average molecular weight is 394 g/mol. The van der Waals surface area contributed by atoms with E-state index in [-0.39, 0.29) is 30.9 Å². The number of barbiturate groups is 1. The maximum absolute atomic E-state index is 13.7. The second-order valence-electron chi connectivity index (χ2n) is 7.62. The Bertz CT molecular complexity index is 704. The van der Waals surface area contributed by atoms with Gasteiger partial charge in [0.25, 0.3) is 11.8 Å². The molecule has 7 heteroatoms. The molecule has 0 aromatic heterocycles. The topological polar surface area (TPSA) is 60.9 Å². The summed E-state index contributed by atoms with van der Waals surface area (Å²) in [4.78, 5) is 44.1. The van der Waals surface area contributed by atoms with Crippen LogP contribution >= 0.6 is 12.4 Å². The quantitative estimate of drug-likeness (QED) is 0.738. The van der Waals surface area contributed by atoms with Crippen molar-refractivity contribution >= 4 is 30.3 Å². The van der Waals surface area contributed by atoms with Crippen LogP contribution in [0.25, 0.3) is 0 Å². The molecule has 1 atom stereocenters. The van der Waals surface area contributed by atoms with Crippen LogP contribution in [0.15, 0.2) is 30.3 Å². The van der Waals surface area contributed by atoms with Crippen molar-refractivity contribution in [3.63, 3.8) is 0 Å². The number of carbonyl (C=O) groups is 3. The second kappa shape index (κ2) is 8.40. The summed E-state index contributed by atoms with van der Waals surface area (Å²) in [5, 5.41) is 0. The fraction of sp³-hybridized carbons (Fsp3) is 0.550. The van der Waals surface area contributed by atoms with Crippen molar-refractivity contribution in [2.45, 2.75) is 43.6 Å². The number of imide groups is 2. The molecule has 1 aliphatic carbocycles. The Hall–Kier alpha value is -1.92. The van der Waals surface area contributed by atoms with Crippen molar-refractivity contribution < 1.29 is 14.4 Å². The molecule has 0 radical (unpaired) electrons. The van der Waals surface area contributed by atoms with Gasteiger partial charge in [-0.15, -0.1) is 12.4 Å². The lowest BCUT2D eigenvalue weighted by Gasteiger charge is -2.47. The molecule has 2 aliphatic rings. The van der Waals surface area contributed by atoms with E-state index in [9.17, 15) is 14.4 Å². The highest BCUT2D eigenvalue weighted by Gasteiger charge is 2.58. The third-order valence-corrected chi connectivity index (χ3v) is 5.51. The molecular formula is C20H28ClN3O3. The molecule has 1 aliphatic heterocycles. The van der Waals surface area contributed by atoms with Crippen LogP contribution in [0.1, 0.15) is 37.7 Å². The lowest BCUT2D eigenvalue weighted by Crippen LogP contribution is -2.70. The molecule has 1 unspecified atom stereocenters. The summed E-state index contributed by atoms with van der Waals surface area (Å²) in [7, 11) is 5.17. The van der Waals surface area contributed by atoms with Gasteiger partial charge in [-0.2, -0.15) is 0 Å². The SMILES string of the molecule is CN(C)CC1(c2ccccc2)C(=O)N(C)C(=O)N(C2CCCCC2)C1=O.Cl. The maximum Gasteiger partial charge on any atom is 0.333 e. The van der Waals surface area contributed by atoms with Crippen LogP contribution in [0.3, 0.4) is 0 Å². The predicted octanol–water partition coefficient (Wildman–Crippen LogP) is 2.66. The highest BCUT2D eigenvalue weighted by atomic mass is 35.5. The first-order chi connectivity index (χ1) is 12.4. The predicted molar refractivity (Wildman–Crippen MR) is 106 cm³/mol. The first-order valence-corrected chi connectivity index (χ1v) is 9.25. The van der Waals surface area contributed by atoms with E-state index in [0.717, 1.165) is 37.0 Å². The molecule has 27 heavy (non-hydrogen) atoms. The number of benzene rings is 1. The Labute approximate surface area is 166 Å².